The van der Waals surface area contributed by atoms with Gasteiger partial charge in [-0.3, -0.25) is 14.5 Å². The van der Waals surface area contributed by atoms with Crippen LogP contribution in [0.5, 0.6) is 11.5 Å². The van der Waals surface area contributed by atoms with Gasteiger partial charge in [0.25, 0.3) is 5.91 Å². The number of anilines is 1. The minimum absolute atomic E-state index is 0.0411. The van der Waals surface area contributed by atoms with E-state index in [2.05, 4.69) is 5.32 Å². The van der Waals surface area contributed by atoms with Crippen molar-refractivity contribution >= 4 is 29.1 Å². The average Bonchev–Trinajstić information content (AvgIpc) is 2.75. The number of nitrogens with zero attached hydrogens (tertiary/aromatic N) is 2. The summed E-state index contributed by atoms with van der Waals surface area (Å²) in [5, 5.41) is 3.14. The van der Waals surface area contributed by atoms with E-state index in [0.29, 0.717) is 48.4 Å². The van der Waals surface area contributed by atoms with Gasteiger partial charge in [0.05, 0.1) is 26.3 Å². The van der Waals surface area contributed by atoms with Crippen LogP contribution in [0.4, 0.5) is 10.1 Å². The largest absolute Gasteiger partial charge is 0.497 e. The van der Waals surface area contributed by atoms with Gasteiger partial charge >= 0.3 is 0 Å². The van der Waals surface area contributed by atoms with Gasteiger partial charge in [-0.15, -0.1) is 0 Å². The number of halogens is 2. The lowest BCUT2D eigenvalue weighted by molar-refractivity contribution is -0.117. The Labute approximate surface area is 179 Å². The Morgan fingerprint density at radius 1 is 1.03 bits per heavy atom. The highest BCUT2D eigenvalue weighted by Gasteiger charge is 2.25. The molecule has 0 radical (unpaired) electrons. The van der Waals surface area contributed by atoms with Crippen LogP contribution in [0.3, 0.4) is 0 Å². The third kappa shape index (κ3) is 5.40. The van der Waals surface area contributed by atoms with Crippen LogP contribution in [0.25, 0.3) is 0 Å². The summed E-state index contributed by atoms with van der Waals surface area (Å²) in [5.41, 5.74) is 0.530. The molecule has 2 aromatic carbocycles. The minimum atomic E-state index is -0.597. The molecule has 0 bridgehead atoms. The van der Waals surface area contributed by atoms with Crippen LogP contribution < -0.4 is 14.8 Å². The maximum atomic E-state index is 14.0. The summed E-state index contributed by atoms with van der Waals surface area (Å²) in [4.78, 5) is 28.5. The first kappa shape index (κ1) is 21.9. The van der Waals surface area contributed by atoms with E-state index in [1.54, 1.807) is 23.1 Å². The monoisotopic (exact) mass is 435 g/mol. The smallest absolute Gasteiger partial charge is 0.256 e. The molecule has 1 N–H and O–H groups in total. The Hall–Kier alpha value is -2.84. The molecule has 2 amide bonds. The predicted octanol–water partition coefficient (Wildman–Crippen LogP) is 2.89. The maximum Gasteiger partial charge on any atom is 0.256 e. The number of benzene rings is 2. The van der Waals surface area contributed by atoms with Crippen molar-refractivity contribution in [3.05, 3.63) is 52.8 Å². The molecule has 1 aliphatic rings. The van der Waals surface area contributed by atoms with Gasteiger partial charge < -0.3 is 19.7 Å². The van der Waals surface area contributed by atoms with Gasteiger partial charge in [0, 0.05) is 55.1 Å². The Morgan fingerprint density at radius 3 is 2.27 bits per heavy atom. The lowest BCUT2D eigenvalue weighted by Crippen LogP contribution is -2.50. The lowest BCUT2D eigenvalue weighted by Gasteiger charge is -2.34. The number of methoxy groups -OCH3 is 2. The molecule has 9 heteroatoms. The molecule has 160 valence electrons. The fraction of sp³-hybridized carbons (Fsp3) is 0.333. The van der Waals surface area contributed by atoms with E-state index in [9.17, 15) is 14.0 Å². The molecule has 3 rings (SSSR count). The van der Waals surface area contributed by atoms with Crippen molar-refractivity contribution in [2.45, 2.75) is 0 Å². The van der Waals surface area contributed by atoms with Crippen molar-refractivity contribution < 1.29 is 23.5 Å². The van der Waals surface area contributed by atoms with Gasteiger partial charge in [-0.1, -0.05) is 11.6 Å². The fourth-order valence-electron chi connectivity index (χ4n) is 3.22. The lowest BCUT2D eigenvalue weighted by atomic mass is 10.1. The van der Waals surface area contributed by atoms with Crippen LogP contribution in [-0.2, 0) is 4.79 Å². The molecule has 0 aliphatic carbocycles. The Bertz CT molecular complexity index is 910. The summed E-state index contributed by atoms with van der Waals surface area (Å²) < 4.78 is 24.4. The van der Waals surface area contributed by atoms with Crippen molar-refractivity contribution in [3.63, 3.8) is 0 Å². The molecule has 1 heterocycles. The predicted molar refractivity (Wildman–Crippen MR) is 112 cm³/mol. The van der Waals surface area contributed by atoms with Crippen LogP contribution in [0.2, 0.25) is 5.02 Å². The molecule has 0 unspecified atom stereocenters. The molecule has 1 saturated heterocycles. The molecule has 0 aromatic heterocycles. The second-order valence-corrected chi connectivity index (χ2v) is 7.28. The molecular weight excluding hydrogens is 413 g/mol. The number of ether oxygens (including phenoxy) is 2. The summed E-state index contributed by atoms with van der Waals surface area (Å²) in [6, 6.07) is 9.05. The molecule has 0 saturated carbocycles. The Balaban J connectivity index is 1.54. The van der Waals surface area contributed by atoms with Crippen molar-refractivity contribution in [3.8, 4) is 11.5 Å². The Morgan fingerprint density at radius 2 is 1.67 bits per heavy atom. The number of piperazine rings is 1. The number of carbonyl (C=O) groups excluding carboxylic acids is 2. The van der Waals surface area contributed by atoms with Crippen molar-refractivity contribution in [2.24, 2.45) is 0 Å². The van der Waals surface area contributed by atoms with E-state index in [1.807, 2.05) is 4.90 Å². The quantitative estimate of drug-likeness (QED) is 0.755. The van der Waals surface area contributed by atoms with Gasteiger partial charge in [0.1, 0.15) is 17.3 Å². The first-order valence-electron chi connectivity index (χ1n) is 9.39. The number of rotatable bonds is 6. The third-order valence-corrected chi connectivity index (χ3v) is 5.06. The van der Waals surface area contributed by atoms with E-state index >= 15 is 0 Å². The number of carbonyl (C=O) groups is 2. The number of hydrogen-bond acceptors (Lipinski definition) is 5. The minimum Gasteiger partial charge on any atom is -0.497 e. The molecule has 1 aliphatic heterocycles. The van der Waals surface area contributed by atoms with Crippen LogP contribution in [0.1, 0.15) is 10.4 Å². The standard InChI is InChI=1S/C21H23ClFN3O4/c1-29-16-10-15(11-17(12-16)30-2)24-20(27)13-25-5-7-26(8-6-25)21(28)18-9-14(22)3-4-19(18)23/h3-4,9-12H,5-8,13H2,1-2H3,(H,24,27). The number of hydrogen-bond donors (Lipinski definition) is 1. The summed E-state index contributed by atoms with van der Waals surface area (Å²) in [7, 11) is 3.08. The van der Waals surface area contributed by atoms with Crippen molar-refractivity contribution in [1.29, 1.82) is 0 Å². The fourth-order valence-corrected chi connectivity index (χ4v) is 3.40. The van der Waals surface area contributed by atoms with Gasteiger partial charge in [-0.25, -0.2) is 4.39 Å². The second-order valence-electron chi connectivity index (χ2n) is 6.84. The molecular formula is C21H23ClFN3O4. The zero-order valence-corrected chi connectivity index (χ0v) is 17.5. The first-order chi connectivity index (χ1) is 14.4. The van der Waals surface area contributed by atoms with Crippen LogP contribution >= 0.6 is 11.6 Å². The highest BCUT2D eigenvalue weighted by atomic mass is 35.5. The first-order valence-corrected chi connectivity index (χ1v) is 9.77. The zero-order chi connectivity index (χ0) is 21.7. The average molecular weight is 436 g/mol. The van der Waals surface area contributed by atoms with E-state index in [4.69, 9.17) is 21.1 Å². The molecule has 0 spiro atoms. The molecule has 0 atom stereocenters. The maximum absolute atomic E-state index is 14.0. The second kappa shape index (κ2) is 9.77. The number of nitrogens with one attached hydrogen (secondary N) is 1. The van der Waals surface area contributed by atoms with Gasteiger partial charge in [0.15, 0.2) is 0 Å². The van der Waals surface area contributed by atoms with Crippen molar-refractivity contribution in [1.82, 2.24) is 9.80 Å². The molecule has 1 fully saturated rings. The van der Waals surface area contributed by atoms with E-state index < -0.39 is 11.7 Å². The zero-order valence-electron chi connectivity index (χ0n) is 16.8. The van der Waals surface area contributed by atoms with Crippen molar-refractivity contribution in [2.75, 3.05) is 52.3 Å². The van der Waals surface area contributed by atoms with Gasteiger partial charge in [-0.05, 0) is 18.2 Å². The molecule has 2 aromatic rings. The third-order valence-electron chi connectivity index (χ3n) is 4.82. The topological polar surface area (TPSA) is 71.1 Å². The summed E-state index contributed by atoms with van der Waals surface area (Å²) in [6.45, 7) is 1.97. The normalized spacial score (nSPS) is 14.3. The van der Waals surface area contributed by atoms with Crippen LogP contribution in [0.15, 0.2) is 36.4 Å². The van der Waals surface area contributed by atoms with Gasteiger partial charge in [-0.2, -0.15) is 0 Å². The SMILES string of the molecule is COc1cc(NC(=O)CN2CCN(C(=O)c3cc(Cl)ccc3F)CC2)cc(OC)c1. The van der Waals surface area contributed by atoms with E-state index in [1.165, 1.54) is 32.4 Å². The van der Waals surface area contributed by atoms with Crippen LogP contribution in [0, 0.1) is 5.82 Å². The Kier molecular flexibility index (Phi) is 7.12. The highest BCUT2D eigenvalue weighted by Crippen LogP contribution is 2.25. The summed E-state index contributed by atoms with van der Waals surface area (Å²) in [6.07, 6.45) is 0. The van der Waals surface area contributed by atoms with E-state index in [0.717, 1.165) is 0 Å². The summed E-state index contributed by atoms with van der Waals surface area (Å²) in [5.74, 6) is -0.0384. The van der Waals surface area contributed by atoms with E-state index in [-0.39, 0.29) is 18.0 Å². The highest BCUT2D eigenvalue weighted by molar-refractivity contribution is 6.31. The molecule has 7 nitrogen and oxygen atoms in total. The van der Waals surface area contributed by atoms with Crippen LogP contribution in [-0.4, -0.2) is 68.6 Å². The summed E-state index contributed by atoms with van der Waals surface area (Å²) >= 11 is 5.88. The molecule has 30 heavy (non-hydrogen) atoms. The van der Waals surface area contributed by atoms with Gasteiger partial charge in [0.2, 0.25) is 5.91 Å². The number of amides is 2.